The molecule has 1 aliphatic carbocycles. The highest BCUT2D eigenvalue weighted by molar-refractivity contribution is 5.89. The fraction of sp³-hybridized carbons (Fsp3) is 0.444. The van der Waals surface area contributed by atoms with Gasteiger partial charge in [-0.2, -0.15) is 0 Å². The average Bonchev–Trinajstić information content (AvgIpc) is 3.18. The Balaban J connectivity index is 1.72. The molecule has 1 atom stereocenters. The summed E-state index contributed by atoms with van der Waals surface area (Å²) in [7, 11) is 1.54. The van der Waals surface area contributed by atoms with E-state index in [1.807, 2.05) is 62.4 Å². The molecule has 2 amide bonds. The van der Waals surface area contributed by atoms with Crippen molar-refractivity contribution < 1.29 is 29.0 Å². The summed E-state index contributed by atoms with van der Waals surface area (Å²) in [5.74, 6) is -1.77. The number of amides is 2. The molecule has 1 aliphatic rings. The van der Waals surface area contributed by atoms with Gasteiger partial charge in [0.15, 0.2) is 0 Å². The highest BCUT2D eigenvalue weighted by Crippen LogP contribution is 2.44. The second-order valence-electron chi connectivity index (χ2n) is 8.62. The van der Waals surface area contributed by atoms with Crippen molar-refractivity contribution in [3.8, 4) is 11.1 Å². The van der Waals surface area contributed by atoms with E-state index in [0.29, 0.717) is 26.0 Å². The first kappa shape index (κ1) is 26.2. The molecule has 2 aromatic rings. The van der Waals surface area contributed by atoms with Gasteiger partial charge in [-0.15, -0.1) is 0 Å². The molecule has 35 heavy (non-hydrogen) atoms. The summed E-state index contributed by atoms with van der Waals surface area (Å²) < 4.78 is 10.7. The van der Waals surface area contributed by atoms with Gasteiger partial charge < -0.3 is 24.8 Å². The third-order valence-corrected chi connectivity index (χ3v) is 6.52. The van der Waals surface area contributed by atoms with Gasteiger partial charge in [-0.05, 0) is 35.1 Å². The Hall–Kier alpha value is -3.39. The van der Waals surface area contributed by atoms with E-state index in [1.54, 1.807) is 12.0 Å². The van der Waals surface area contributed by atoms with E-state index in [1.165, 1.54) is 0 Å². The molecule has 0 fully saturated rings. The number of methoxy groups -OCH3 is 1. The van der Waals surface area contributed by atoms with Crippen LogP contribution in [0.3, 0.4) is 0 Å². The molecule has 0 bridgehead atoms. The summed E-state index contributed by atoms with van der Waals surface area (Å²) in [5, 5.41) is 11.9. The number of nitrogens with one attached hydrogen (secondary N) is 1. The number of benzene rings is 2. The van der Waals surface area contributed by atoms with Crippen molar-refractivity contribution in [2.75, 3.05) is 26.9 Å². The van der Waals surface area contributed by atoms with Crippen molar-refractivity contribution >= 4 is 18.0 Å². The predicted octanol–water partition coefficient (Wildman–Crippen LogP) is 4.03. The Bertz CT molecular complexity index is 990. The van der Waals surface area contributed by atoms with E-state index in [-0.39, 0.29) is 18.6 Å². The van der Waals surface area contributed by atoms with Crippen molar-refractivity contribution in [3.63, 3.8) is 0 Å². The van der Waals surface area contributed by atoms with Crippen LogP contribution in [0, 0.1) is 0 Å². The normalized spacial score (nSPS) is 13.1. The lowest BCUT2D eigenvalue weighted by Gasteiger charge is -2.33. The zero-order chi connectivity index (χ0) is 25.4. The first-order chi connectivity index (χ1) is 16.9. The first-order valence-electron chi connectivity index (χ1n) is 12.0. The van der Waals surface area contributed by atoms with Crippen LogP contribution < -0.4 is 5.32 Å². The molecule has 8 heteroatoms. The molecular formula is C27H34N2O6. The second-order valence-corrected chi connectivity index (χ2v) is 8.62. The number of hydrogen-bond acceptors (Lipinski definition) is 5. The number of ether oxygens (including phenoxy) is 2. The quantitative estimate of drug-likeness (QED) is 0.473. The number of carboxylic acids is 1. The SMILES string of the molecule is CCC(CC)N(CCOC)C(=O)C(CC(=O)O)NC(=O)OCC1c2ccccc2-c2ccccc21. The van der Waals surface area contributed by atoms with E-state index in [9.17, 15) is 19.5 Å². The minimum absolute atomic E-state index is 0.0772. The van der Waals surface area contributed by atoms with Crippen molar-refractivity contribution in [1.82, 2.24) is 10.2 Å². The van der Waals surface area contributed by atoms with Gasteiger partial charge >= 0.3 is 12.1 Å². The third kappa shape index (κ3) is 6.19. The van der Waals surface area contributed by atoms with Crippen LogP contribution in [-0.2, 0) is 19.1 Å². The number of carboxylic acid groups (broad SMARTS) is 1. The van der Waals surface area contributed by atoms with Crippen LogP contribution in [0.4, 0.5) is 4.79 Å². The first-order valence-corrected chi connectivity index (χ1v) is 12.0. The third-order valence-electron chi connectivity index (χ3n) is 6.52. The molecular weight excluding hydrogens is 448 g/mol. The highest BCUT2D eigenvalue weighted by atomic mass is 16.5. The molecule has 1 unspecified atom stereocenters. The summed E-state index contributed by atoms with van der Waals surface area (Å²) in [6.07, 6.45) is 0.0581. The highest BCUT2D eigenvalue weighted by Gasteiger charge is 2.33. The standard InChI is InChI=1S/C27H34N2O6/c1-4-18(5-2)29(14-15-34-3)26(32)24(16-25(30)31)28-27(33)35-17-23-21-12-8-6-10-19(21)20-11-7-9-13-22(20)23/h6-13,18,23-24H,4-5,14-17H2,1-3H3,(H,28,33)(H,30,31). The van der Waals surface area contributed by atoms with Crippen LogP contribution in [0.1, 0.15) is 50.2 Å². The van der Waals surface area contributed by atoms with E-state index in [4.69, 9.17) is 9.47 Å². The average molecular weight is 483 g/mol. The van der Waals surface area contributed by atoms with Crippen molar-refractivity contribution in [3.05, 3.63) is 59.7 Å². The number of fused-ring (bicyclic) bond motifs is 3. The molecule has 188 valence electrons. The molecule has 0 saturated carbocycles. The van der Waals surface area contributed by atoms with Crippen LogP contribution in [-0.4, -0.2) is 66.9 Å². The summed E-state index contributed by atoms with van der Waals surface area (Å²) in [6.45, 7) is 4.63. The summed E-state index contributed by atoms with van der Waals surface area (Å²) in [5.41, 5.74) is 4.35. The molecule has 2 N–H and O–H groups in total. The summed E-state index contributed by atoms with van der Waals surface area (Å²) in [6, 6.07) is 14.6. The van der Waals surface area contributed by atoms with Gasteiger partial charge in [0.25, 0.3) is 0 Å². The number of carbonyl (C=O) groups is 3. The number of carbonyl (C=O) groups excluding carboxylic acids is 2. The Morgan fingerprint density at radius 3 is 2.09 bits per heavy atom. The molecule has 0 spiro atoms. The number of aliphatic carboxylic acids is 1. The van der Waals surface area contributed by atoms with Gasteiger partial charge in [0.2, 0.25) is 5.91 Å². The smallest absolute Gasteiger partial charge is 0.407 e. The van der Waals surface area contributed by atoms with E-state index < -0.39 is 30.4 Å². The lowest BCUT2D eigenvalue weighted by atomic mass is 9.98. The van der Waals surface area contributed by atoms with Crippen LogP contribution in [0.2, 0.25) is 0 Å². The number of alkyl carbamates (subject to hydrolysis) is 1. The maximum atomic E-state index is 13.3. The maximum Gasteiger partial charge on any atom is 0.407 e. The monoisotopic (exact) mass is 482 g/mol. The van der Waals surface area contributed by atoms with Gasteiger partial charge in [-0.3, -0.25) is 9.59 Å². The Morgan fingerprint density at radius 1 is 1.00 bits per heavy atom. The van der Waals surface area contributed by atoms with E-state index in [2.05, 4.69) is 5.32 Å². The predicted molar refractivity (Wildman–Crippen MR) is 132 cm³/mol. The van der Waals surface area contributed by atoms with E-state index in [0.717, 1.165) is 22.3 Å². The molecule has 3 rings (SSSR count). The lowest BCUT2D eigenvalue weighted by molar-refractivity contribution is -0.144. The van der Waals surface area contributed by atoms with Crippen LogP contribution >= 0.6 is 0 Å². The molecule has 0 saturated heterocycles. The van der Waals surface area contributed by atoms with Gasteiger partial charge in [0, 0.05) is 25.6 Å². The molecule has 2 aromatic carbocycles. The van der Waals surface area contributed by atoms with Crippen molar-refractivity contribution in [2.24, 2.45) is 0 Å². The van der Waals surface area contributed by atoms with Crippen molar-refractivity contribution in [2.45, 2.75) is 51.1 Å². The Morgan fingerprint density at radius 2 is 1.57 bits per heavy atom. The van der Waals surface area contributed by atoms with Gasteiger partial charge in [-0.25, -0.2) is 4.79 Å². The molecule has 8 nitrogen and oxygen atoms in total. The van der Waals surface area contributed by atoms with E-state index >= 15 is 0 Å². The van der Waals surface area contributed by atoms with Gasteiger partial charge in [-0.1, -0.05) is 62.4 Å². The molecule has 0 aliphatic heterocycles. The zero-order valence-electron chi connectivity index (χ0n) is 20.5. The molecule has 0 radical (unpaired) electrons. The number of rotatable bonds is 12. The largest absolute Gasteiger partial charge is 0.481 e. The Kier molecular flexibility index (Phi) is 9.25. The van der Waals surface area contributed by atoms with Gasteiger partial charge in [0.1, 0.15) is 12.6 Å². The Labute approximate surface area is 206 Å². The number of hydrogen-bond donors (Lipinski definition) is 2. The topological polar surface area (TPSA) is 105 Å². The lowest BCUT2D eigenvalue weighted by Crippen LogP contribution is -2.53. The van der Waals surface area contributed by atoms with Crippen molar-refractivity contribution in [1.29, 1.82) is 0 Å². The summed E-state index contributed by atoms with van der Waals surface area (Å²) >= 11 is 0. The van der Waals surface area contributed by atoms with Crippen LogP contribution in [0.15, 0.2) is 48.5 Å². The second kappa shape index (κ2) is 12.4. The van der Waals surface area contributed by atoms with Gasteiger partial charge in [0.05, 0.1) is 13.0 Å². The van der Waals surface area contributed by atoms with Crippen LogP contribution in [0.5, 0.6) is 0 Å². The molecule has 0 heterocycles. The summed E-state index contributed by atoms with van der Waals surface area (Å²) in [4.78, 5) is 39.1. The number of nitrogens with zero attached hydrogens (tertiary/aromatic N) is 1. The minimum atomic E-state index is -1.24. The minimum Gasteiger partial charge on any atom is -0.481 e. The molecule has 0 aromatic heterocycles. The zero-order valence-corrected chi connectivity index (χ0v) is 20.5. The maximum absolute atomic E-state index is 13.3. The fourth-order valence-corrected chi connectivity index (χ4v) is 4.75. The fourth-order valence-electron chi connectivity index (χ4n) is 4.75. The van der Waals surface area contributed by atoms with Crippen LogP contribution in [0.25, 0.3) is 11.1 Å².